The summed E-state index contributed by atoms with van der Waals surface area (Å²) in [4.78, 5) is 28.1. The van der Waals surface area contributed by atoms with Crippen LogP contribution in [-0.4, -0.2) is 36.2 Å². The van der Waals surface area contributed by atoms with E-state index in [1.165, 1.54) is 17.0 Å². The van der Waals surface area contributed by atoms with Gasteiger partial charge in [0.2, 0.25) is 5.91 Å². The lowest BCUT2D eigenvalue weighted by molar-refractivity contribution is -0.120. The van der Waals surface area contributed by atoms with Crippen LogP contribution in [0.15, 0.2) is 35.4 Å². The minimum atomic E-state index is -0.126. The molecule has 0 aliphatic rings. The molecule has 2 aromatic rings. The van der Waals surface area contributed by atoms with Crippen molar-refractivity contribution in [1.82, 2.24) is 14.9 Å². The topological polar surface area (TPSA) is 82.5 Å². The van der Waals surface area contributed by atoms with Crippen LogP contribution >= 0.6 is 0 Å². The maximum atomic E-state index is 12.1. The first-order chi connectivity index (χ1) is 12.1. The van der Waals surface area contributed by atoms with Gasteiger partial charge in [-0.3, -0.25) is 14.2 Å². The number of nitrogens with zero attached hydrogens (tertiary/aromatic N) is 2. The van der Waals surface area contributed by atoms with E-state index in [-0.39, 0.29) is 17.9 Å². The van der Waals surface area contributed by atoms with E-state index >= 15 is 0 Å². The van der Waals surface area contributed by atoms with Crippen molar-refractivity contribution >= 4 is 5.91 Å². The molecule has 0 atom stereocenters. The minimum absolute atomic E-state index is 0.110. The number of carbonyl (C=O) groups excluding carboxylic acids is 1. The predicted molar refractivity (Wildman–Crippen MR) is 94.1 cm³/mol. The number of ether oxygens (including phenoxy) is 2. The zero-order valence-electron chi connectivity index (χ0n) is 14.7. The number of aromatic nitrogens is 2. The summed E-state index contributed by atoms with van der Waals surface area (Å²) in [5.74, 6) is 1.08. The molecule has 0 spiro atoms. The molecule has 25 heavy (non-hydrogen) atoms. The Morgan fingerprint density at radius 3 is 2.60 bits per heavy atom. The number of nitrogens with one attached hydrogen (secondary N) is 1. The Morgan fingerprint density at radius 2 is 1.96 bits per heavy atom. The molecule has 0 saturated heterocycles. The van der Waals surface area contributed by atoms with E-state index in [9.17, 15) is 9.59 Å². The molecule has 0 aliphatic carbocycles. The second-order valence-electron chi connectivity index (χ2n) is 5.48. The molecule has 0 aliphatic heterocycles. The quantitative estimate of drug-likeness (QED) is 0.777. The molecular formula is C18H23N3O4. The van der Waals surface area contributed by atoms with Crippen LogP contribution in [0.4, 0.5) is 0 Å². The zero-order chi connectivity index (χ0) is 18.2. The standard InChI is InChI=1S/C18H23N3O4/c1-4-14-11-18(23)21(12-20-14)8-7-19-17(22)10-13-5-6-15(24-2)16(9-13)25-3/h5-6,9,11-12H,4,7-8,10H2,1-3H3,(H,19,22). The summed E-state index contributed by atoms with van der Waals surface area (Å²) < 4.78 is 11.9. The van der Waals surface area contributed by atoms with E-state index in [0.29, 0.717) is 24.6 Å². The van der Waals surface area contributed by atoms with E-state index in [2.05, 4.69) is 10.3 Å². The largest absolute Gasteiger partial charge is 0.493 e. The number of aryl methyl sites for hydroxylation is 1. The van der Waals surface area contributed by atoms with Gasteiger partial charge in [0.1, 0.15) is 0 Å². The summed E-state index contributed by atoms with van der Waals surface area (Å²) in [7, 11) is 3.12. The number of rotatable bonds is 8. The molecule has 1 heterocycles. The molecule has 1 aromatic carbocycles. The summed E-state index contributed by atoms with van der Waals surface area (Å²) in [5.41, 5.74) is 1.47. The highest BCUT2D eigenvalue weighted by molar-refractivity contribution is 5.78. The number of carbonyl (C=O) groups is 1. The van der Waals surface area contributed by atoms with E-state index in [4.69, 9.17) is 9.47 Å². The second-order valence-corrected chi connectivity index (χ2v) is 5.48. The molecule has 1 aromatic heterocycles. The average Bonchev–Trinajstić information content (AvgIpc) is 2.62. The molecule has 1 N–H and O–H groups in total. The van der Waals surface area contributed by atoms with Gasteiger partial charge < -0.3 is 14.8 Å². The van der Waals surface area contributed by atoms with Gasteiger partial charge >= 0.3 is 0 Å². The Morgan fingerprint density at radius 1 is 1.20 bits per heavy atom. The van der Waals surface area contributed by atoms with Crippen LogP contribution in [-0.2, 0) is 24.2 Å². The molecule has 7 heteroatoms. The van der Waals surface area contributed by atoms with Crippen LogP contribution in [0.3, 0.4) is 0 Å². The molecule has 0 fully saturated rings. The van der Waals surface area contributed by atoms with Gasteiger partial charge in [0.25, 0.3) is 5.56 Å². The lowest BCUT2D eigenvalue weighted by Gasteiger charge is -2.10. The van der Waals surface area contributed by atoms with Crippen molar-refractivity contribution in [2.24, 2.45) is 0 Å². The van der Waals surface area contributed by atoms with Crippen molar-refractivity contribution in [2.45, 2.75) is 26.3 Å². The van der Waals surface area contributed by atoms with Crippen LogP contribution in [0.2, 0.25) is 0 Å². The van der Waals surface area contributed by atoms with Gasteiger partial charge in [-0.05, 0) is 24.1 Å². The first-order valence-electron chi connectivity index (χ1n) is 8.10. The average molecular weight is 345 g/mol. The smallest absolute Gasteiger partial charge is 0.253 e. The number of methoxy groups -OCH3 is 2. The molecule has 0 unspecified atom stereocenters. The van der Waals surface area contributed by atoms with Crippen LogP contribution in [0.1, 0.15) is 18.2 Å². The first-order valence-corrected chi connectivity index (χ1v) is 8.10. The molecular weight excluding hydrogens is 322 g/mol. The molecule has 0 saturated carbocycles. The summed E-state index contributed by atoms with van der Waals surface area (Å²) in [5, 5.41) is 2.80. The van der Waals surface area contributed by atoms with E-state index in [1.807, 2.05) is 13.0 Å². The van der Waals surface area contributed by atoms with Gasteiger partial charge in [-0.1, -0.05) is 13.0 Å². The maximum Gasteiger partial charge on any atom is 0.253 e. The van der Waals surface area contributed by atoms with Gasteiger partial charge in [0.05, 0.1) is 27.0 Å². The number of benzene rings is 1. The zero-order valence-corrected chi connectivity index (χ0v) is 14.7. The van der Waals surface area contributed by atoms with Crippen LogP contribution in [0.25, 0.3) is 0 Å². The van der Waals surface area contributed by atoms with Gasteiger partial charge in [-0.25, -0.2) is 4.98 Å². The van der Waals surface area contributed by atoms with E-state index in [0.717, 1.165) is 17.7 Å². The lowest BCUT2D eigenvalue weighted by Crippen LogP contribution is -2.31. The predicted octanol–water partition coefficient (Wildman–Crippen LogP) is 1.18. The highest BCUT2D eigenvalue weighted by Crippen LogP contribution is 2.27. The Labute approximate surface area is 146 Å². The molecule has 7 nitrogen and oxygen atoms in total. The Balaban J connectivity index is 1.88. The fraction of sp³-hybridized carbons (Fsp3) is 0.389. The number of hydrogen-bond acceptors (Lipinski definition) is 5. The lowest BCUT2D eigenvalue weighted by atomic mass is 10.1. The third kappa shape index (κ3) is 5.07. The van der Waals surface area contributed by atoms with E-state index in [1.54, 1.807) is 26.4 Å². The number of hydrogen-bond donors (Lipinski definition) is 1. The van der Waals surface area contributed by atoms with Gasteiger partial charge in [0.15, 0.2) is 11.5 Å². The van der Waals surface area contributed by atoms with Crippen molar-refractivity contribution in [3.05, 3.63) is 52.2 Å². The highest BCUT2D eigenvalue weighted by Gasteiger charge is 2.08. The summed E-state index contributed by atoms with van der Waals surface area (Å²) >= 11 is 0. The second kappa shape index (κ2) is 8.86. The first kappa shape index (κ1) is 18.5. The minimum Gasteiger partial charge on any atom is -0.493 e. The Hall–Kier alpha value is -2.83. The third-order valence-corrected chi connectivity index (χ3v) is 3.79. The maximum absolute atomic E-state index is 12.1. The van der Waals surface area contributed by atoms with Gasteiger partial charge in [-0.15, -0.1) is 0 Å². The monoisotopic (exact) mass is 345 g/mol. The van der Waals surface area contributed by atoms with Crippen LogP contribution < -0.4 is 20.3 Å². The van der Waals surface area contributed by atoms with Crippen molar-refractivity contribution in [3.63, 3.8) is 0 Å². The van der Waals surface area contributed by atoms with Crippen molar-refractivity contribution in [2.75, 3.05) is 20.8 Å². The SMILES string of the molecule is CCc1cc(=O)n(CCNC(=O)Cc2ccc(OC)c(OC)c2)cn1. The van der Waals surface area contributed by atoms with Crippen LogP contribution in [0, 0.1) is 0 Å². The molecule has 0 bridgehead atoms. The molecule has 2 rings (SSSR count). The molecule has 1 amide bonds. The van der Waals surface area contributed by atoms with Crippen molar-refractivity contribution in [1.29, 1.82) is 0 Å². The normalized spacial score (nSPS) is 10.4. The van der Waals surface area contributed by atoms with Crippen molar-refractivity contribution in [3.8, 4) is 11.5 Å². The summed E-state index contributed by atoms with van der Waals surface area (Å²) in [6.07, 6.45) is 2.46. The van der Waals surface area contributed by atoms with Gasteiger partial charge in [-0.2, -0.15) is 0 Å². The molecule has 0 radical (unpaired) electrons. The Kier molecular flexibility index (Phi) is 6.56. The third-order valence-electron chi connectivity index (χ3n) is 3.79. The fourth-order valence-corrected chi connectivity index (χ4v) is 2.38. The van der Waals surface area contributed by atoms with Crippen molar-refractivity contribution < 1.29 is 14.3 Å². The number of amides is 1. The summed E-state index contributed by atoms with van der Waals surface area (Å²) in [6.45, 7) is 2.69. The fourth-order valence-electron chi connectivity index (χ4n) is 2.38. The molecule has 134 valence electrons. The van der Waals surface area contributed by atoms with Crippen LogP contribution in [0.5, 0.6) is 11.5 Å². The van der Waals surface area contributed by atoms with E-state index < -0.39 is 0 Å². The summed E-state index contributed by atoms with van der Waals surface area (Å²) in [6, 6.07) is 6.88. The van der Waals surface area contributed by atoms with Gasteiger partial charge in [0, 0.05) is 24.8 Å². The Bertz CT molecular complexity index is 786. The highest BCUT2D eigenvalue weighted by atomic mass is 16.5.